The van der Waals surface area contributed by atoms with Crippen LogP contribution in [-0.2, 0) is 14.4 Å². The zero-order valence-corrected chi connectivity index (χ0v) is 11.5. The van der Waals surface area contributed by atoms with Crippen molar-refractivity contribution in [1.29, 1.82) is 0 Å². The molecule has 98 valence electrons. The van der Waals surface area contributed by atoms with Gasteiger partial charge in [-0.15, -0.1) is 23.5 Å². The Bertz CT molecular complexity index is 373. The van der Waals surface area contributed by atoms with E-state index in [0.29, 0.717) is 24.6 Å². The van der Waals surface area contributed by atoms with Crippen LogP contribution >= 0.6 is 23.5 Å². The summed E-state index contributed by atoms with van der Waals surface area (Å²) in [6, 6.07) is -0.206. The van der Waals surface area contributed by atoms with E-state index < -0.39 is 0 Å². The van der Waals surface area contributed by atoms with Gasteiger partial charge in [0.2, 0.25) is 18.2 Å². The lowest BCUT2D eigenvalue weighted by Crippen LogP contribution is -2.11. The molecule has 0 heterocycles. The number of aliphatic imine (C=N–C) groups is 3. The third-order valence-corrected chi connectivity index (χ3v) is 4.45. The maximum absolute atomic E-state index is 10.2. The second kappa shape index (κ2) is 12.3. The van der Waals surface area contributed by atoms with Crippen molar-refractivity contribution in [1.82, 2.24) is 0 Å². The van der Waals surface area contributed by atoms with E-state index in [-0.39, 0.29) is 10.6 Å². The third kappa shape index (κ3) is 10.0. The Labute approximate surface area is 113 Å². The predicted octanol–water partition coefficient (Wildman–Crippen LogP) is 1.52. The van der Waals surface area contributed by atoms with Gasteiger partial charge in [0.1, 0.15) is 0 Å². The van der Waals surface area contributed by atoms with Crippen molar-refractivity contribution in [3.63, 3.8) is 0 Å². The average Bonchev–Trinajstić information content (AvgIpc) is 2.36. The molecule has 0 aliphatic carbocycles. The Balaban J connectivity index is 3.97. The number of isocyanates is 3. The lowest BCUT2D eigenvalue weighted by molar-refractivity contribution is 0.554. The predicted molar refractivity (Wildman–Crippen MR) is 72.0 cm³/mol. The standard InChI is InChI=1S/C10H13N3O3S2/c1-9(18-8-12-6-15)17-4-10(13-7-16)2-3-11-5-14/h9-10H,2-4,8H2,1H3. The summed E-state index contributed by atoms with van der Waals surface area (Å²) in [5.74, 6) is 0.997. The highest BCUT2D eigenvalue weighted by atomic mass is 32.2. The van der Waals surface area contributed by atoms with Gasteiger partial charge in [-0.25, -0.2) is 24.4 Å². The summed E-state index contributed by atoms with van der Waals surface area (Å²) in [5.41, 5.74) is 0. The lowest BCUT2D eigenvalue weighted by Gasteiger charge is -2.12. The quantitative estimate of drug-likeness (QED) is 0.345. The molecule has 18 heavy (non-hydrogen) atoms. The summed E-state index contributed by atoms with van der Waals surface area (Å²) in [4.78, 5) is 40.5. The van der Waals surface area contributed by atoms with Crippen molar-refractivity contribution in [2.75, 3.05) is 18.2 Å². The summed E-state index contributed by atoms with van der Waals surface area (Å²) < 4.78 is 0.223. The molecule has 0 amide bonds. The van der Waals surface area contributed by atoms with Crippen molar-refractivity contribution < 1.29 is 14.4 Å². The first kappa shape index (κ1) is 16.8. The molecule has 0 aromatic carbocycles. The van der Waals surface area contributed by atoms with Crippen molar-refractivity contribution in [2.24, 2.45) is 15.0 Å². The molecule has 0 saturated heterocycles. The minimum Gasteiger partial charge on any atom is -0.211 e. The van der Waals surface area contributed by atoms with Crippen LogP contribution in [0.4, 0.5) is 0 Å². The molecular weight excluding hydrogens is 274 g/mol. The molecule has 2 atom stereocenters. The van der Waals surface area contributed by atoms with Crippen LogP contribution in [0.15, 0.2) is 15.0 Å². The van der Waals surface area contributed by atoms with E-state index in [4.69, 9.17) is 0 Å². The van der Waals surface area contributed by atoms with Gasteiger partial charge in [-0.3, -0.25) is 0 Å². The molecule has 6 nitrogen and oxygen atoms in total. The van der Waals surface area contributed by atoms with Crippen LogP contribution in [-0.4, -0.2) is 47.0 Å². The highest BCUT2D eigenvalue weighted by molar-refractivity contribution is 8.16. The van der Waals surface area contributed by atoms with E-state index in [1.807, 2.05) is 6.92 Å². The van der Waals surface area contributed by atoms with Crippen LogP contribution in [0.2, 0.25) is 0 Å². The topological polar surface area (TPSA) is 88.3 Å². The molecule has 0 aromatic heterocycles. The largest absolute Gasteiger partial charge is 0.235 e. The zero-order valence-electron chi connectivity index (χ0n) is 9.87. The second-order valence-electron chi connectivity index (χ2n) is 3.08. The van der Waals surface area contributed by atoms with Gasteiger partial charge in [0.05, 0.1) is 18.5 Å². The van der Waals surface area contributed by atoms with Crippen LogP contribution in [0.3, 0.4) is 0 Å². The number of carbonyl (C=O) groups excluding carboxylic acids is 3. The van der Waals surface area contributed by atoms with Gasteiger partial charge in [-0.1, -0.05) is 0 Å². The number of hydrogen-bond acceptors (Lipinski definition) is 8. The maximum atomic E-state index is 10.2. The van der Waals surface area contributed by atoms with Gasteiger partial charge in [0, 0.05) is 10.3 Å². The monoisotopic (exact) mass is 287 g/mol. The molecule has 0 saturated carbocycles. The summed E-state index contributed by atoms with van der Waals surface area (Å²) >= 11 is 3.09. The Kier molecular flexibility index (Phi) is 11.5. The van der Waals surface area contributed by atoms with Gasteiger partial charge >= 0.3 is 0 Å². The van der Waals surface area contributed by atoms with Crippen molar-refractivity contribution in [3.05, 3.63) is 0 Å². The second-order valence-corrected chi connectivity index (χ2v) is 6.05. The zero-order chi connectivity index (χ0) is 13.6. The van der Waals surface area contributed by atoms with Gasteiger partial charge < -0.3 is 0 Å². The highest BCUT2D eigenvalue weighted by Crippen LogP contribution is 2.24. The normalized spacial score (nSPS) is 12.5. The van der Waals surface area contributed by atoms with E-state index in [9.17, 15) is 14.4 Å². The van der Waals surface area contributed by atoms with Crippen LogP contribution in [0.1, 0.15) is 13.3 Å². The summed E-state index contributed by atoms with van der Waals surface area (Å²) in [7, 11) is 0. The Morgan fingerprint density at radius 1 is 1.06 bits per heavy atom. The minimum absolute atomic E-state index is 0.206. The molecule has 2 unspecified atom stereocenters. The first-order valence-electron chi connectivity index (χ1n) is 5.12. The molecule has 0 aromatic rings. The average molecular weight is 287 g/mol. The molecule has 0 spiro atoms. The molecule has 0 N–H and O–H groups in total. The molecular formula is C10H13N3O3S2. The first-order chi connectivity index (χ1) is 8.74. The van der Waals surface area contributed by atoms with E-state index in [1.165, 1.54) is 30.0 Å². The third-order valence-electron chi connectivity index (χ3n) is 1.84. The van der Waals surface area contributed by atoms with Crippen LogP contribution in [0.25, 0.3) is 0 Å². The summed E-state index contributed by atoms with van der Waals surface area (Å²) in [5, 5.41) is 0. The molecule has 8 heteroatoms. The SMILES string of the molecule is CC(SCN=C=O)SCC(CCN=C=O)N=C=O. The minimum atomic E-state index is -0.206. The molecule has 0 aliphatic heterocycles. The Morgan fingerprint density at radius 3 is 2.39 bits per heavy atom. The smallest absolute Gasteiger partial charge is 0.211 e. The molecule has 0 rings (SSSR count). The van der Waals surface area contributed by atoms with Crippen LogP contribution in [0.5, 0.6) is 0 Å². The fourth-order valence-corrected chi connectivity index (χ4v) is 2.86. The van der Waals surface area contributed by atoms with Crippen LogP contribution < -0.4 is 0 Å². The highest BCUT2D eigenvalue weighted by Gasteiger charge is 2.10. The lowest BCUT2D eigenvalue weighted by atomic mass is 10.2. The van der Waals surface area contributed by atoms with Gasteiger partial charge in [-0.05, 0) is 13.3 Å². The van der Waals surface area contributed by atoms with E-state index in [2.05, 4.69) is 15.0 Å². The molecule has 0 fully saturated rings. The van der Waals surface area contributed by atoms with Gasteiger partial charge in [0.25, 0.3) is 0 Å². The van der Waals surface area contributed by atoms with Crippen molar-refractivity contribution in [3.8, 4) is 0 Å². The summed E-state index contributed by atoms with van der Waals surface area (Å²) in [6.45, 7) is 2.28. The number of rotatable bonds is 10. The van der Waals surface area contributed by atoms with Crippen molar-refractivity contribution >= 4 is 41.8 Å². The van der Waals surface area contributed by atoms with E-state index in [1.54, 1.807) is 11.8 Å². The molecule has 0 radical (unpaired) electrons. The number of nitrogens with zero attached hydrogens (tertiary/aromatic N) is 3. The van der Waals surface area contributed by atoms with Crippen molar-refractivity contribution in [2.45, 2.75) is 24.0 Å². The maximum Gasteiger partial charge on any atom is 0.235 e. The van der Waals surface area contributed by atoms with E-state index in [0.717, 1.165) is 0 Å². The Morgan fingerprint density at radius 2 is 1.78 bits per heavy atom. The number of hydrogen-bond donors (Lipinski definition) is 0. The molecule has 0 bridgehead atoms. The fraction of sp³-hybridized carbons (Fsp3) is 0.700. The van der Waals surface area contributed by atoms with Gasteiger partial charge in [-0.2, -0.15) is 4.99 Å². The Hall–Kier alpha value is -1.16. The van der Waals surface area contributed by atoms with E-state index >= 15 is 0 Å². The fourth-order valence-electron chi connectivity index (χ4n) is 0.982. The molecule has 0 aliphatic rings. The summed E-state index contributed by atoms with van der Waals surface area (Å²) in [6.07, 6.45) is 4.94. The number of thioether (sulfide) groups is 2. The van der Waals surface area contributed by atoms with Gasteiger partial charge in [0.15, 0.2) is 0 Å². The van der Waals surface area contributed by atoms with Crippen LogP contribution in [0, 0.1) is 0 Å². The first-order valence-corrected chi connectivity index (χ1v) is 7.21.